The van der Waals surface area contributed by atoms with E-state index in [-0.39, 0.29) is 18.0 Å². The van der Waals surface area contributed by atoms with Crippen LogP contribution in [0.4, 0.5) is 11.8 Å². The third-order valence-electron chi connectivity index (χ3n) is 6.12. The number of nitrogens with zero attached hydrogens (tertiary/aromatic N) is 7. The number of hydrogen-bond donors (Lipinski definition) is 0. The van der Waals surface area contributed by atoms with Crippen molar-refractivity contribution in [3.05, 3.63) is 52.7 Å². The van der Waals surface area contributed by atoms with E-state index in [9.17, 15) is 9.59 Å². The van der Waals surface area contributed by atoms with E-state index in [1.54, 1.807) is 23.1 Å². The van der Waals surface area contributed by atoms with E-state index < -0.39 is 0 Å². The van der Waals surface area contributed by atoms with Crippen LogP contribution in [0.5, 0.6) is 0 Å². The minimum Gasteiger partial charge on any atom is -0.378 e. The number of rotatable bonds is 4. The lowest BCUT2D eigenvalue weighted by Gasteiger charge is -2.36. The summed E-state index contributed by atoms with van der Waals surface area (Å²) in [6, 6.07) is 9.16. The summed E-state index contributed by atoms with van der Waals surface area (Å²) in [6.07, 6.45) is 1.45. The van der Waals surface area contributed by atoms with E-state index in [0.29, 0.717) is 50.3 Å². The number of aryl methyl sites for hydroxylation is 1. The number of morpholine rings is 1. The van der Waals surface area contributed by atoms with Crippen molar-refractivity contribution in [2.45, 2.75) is 13.5 Å². The molecule has 0 saturated carbocycles. The average Bonchev–Trinajstić information content (AvgIpc) is 2.86. The molecule has 0 bridgehead atoms. The largest absolute Gasteiger partial charge is 0.378 e. The average molecular weight is 450 g/mol. The number of para-hydroxylation sites is 1. The molecule has 0 radical (unpaired) electrons. The summed E-state index contributed by atoms with van der Waals surface area (Å²) >= 11 is 0. The standard InChI is InChI=1S/C23H27N7O3/c1-17-14-20(26-23(25-17)29-10-12-33-13-11-29)27-6-8-28(9-7-27)21(31)15-30-16-24-19-5-3-2-4-18(19)22(30)32/h2-5,14,16H,6-13,15H2,1H3. The molecule has 10 heteroatoms. The van der Waals surface area contributed by atoms with E-state index in [2.05, 4.69) is 19.8 Å². The summed E-state index contributed by atoms with van der Waals surface area (Å²) in [4.78, 5) is 45.4. The highest BCUT2D eigenvalue weighted by molar-refractivity contribution is 5.79. The molecule has 1 aromatic carbocycles. The maximum absolute atomic E-state index is 12.9. The molecule has 172 valence electrons. The minimum atomic E-state index is -0.195. The second-order valence-corrected chi connectivity index (χ2v) is 8.33. The van der Waals surface area contributed by atoms with Gasteiger partial charge >= 0.3 is 0 Å². The maximum Gasteiger partial charge on any atom is 0.261 e. The number of fused-ring (bicyclic) bond motifs is 1. The van der Waals surface area contributed by atoms with Crippen LogP contribution in [0.3, 0.4) is 0 Å². The van der Waals surface area contributed by atoms with Gasteiger partial charge in [-0.2, -0.15) is 4.98 Å². The minimum absolute atomic E-state index is 0.00946. The van der Waals surface area contributed by atoms with Gasteiger partial charge in [0.15, 0.2) is 0 Å². The normalized spacial score (nSPS) is 16.9. The van der Waals surface area contributed by atoms with Crippen LogP contribution in [-0.2, 0) is 16.1 Å². The Morgan fingerprint density at radius 1 is 1.00 bits per heavy atom. The molecular formula is C23H27N7O3. The van der Waals surface area contributed by atoms with E-state index in [1.165, 1.54) is 10.9 Å². The van der Waals surface area contributed by atoms with Crippen LogP contribution in [0.25, 0.3) is 10.9 Å². The monoisotopic (exact) mass is 449 g/mol. The van der Waals surface area contributed by atoms with Gasteiger partial charge in [0.2, 0.25) is 11.9 Å². The van der Waals surface area contributed by atoms with Gasteiger partial charge in [-0.15, -0.1) is 0 Å². The first-order valence-corrected chi connectivity index (χ1v) is 11.2. The Balaban J connectivity index is 1.24. The molecule has 3 aromatic rings. The number of ether oxygens (including phenoxy) is 1. The number of aromatic nitrogens is 4. The highest BCUT2D eigenvalue weighted by atomic mass is 16.5. The first-order valence-electron chi connectivity index (χ1n) is 11.2. The second kappa shape index (κ2) is 9.14. The second-order valence-electron chi connectivity index (χ2n) is 8.33. The third kappa shape index (κ3) is 4.51. The molecule has 2 fully saturated rings. The number of anilines is 2. The Morgan fingerprint density at radius 2 is 1.76 bits per heavy atom. The molecule has 10 nitrogen and oxygen atoms in total. The third-order valence-corrected chi connectivity index (χ3v) is 6.12. The molecule has 0 aliphatic carbocycles. The van der Waals surface area contributed by atoms with Gasteiger partial charge in [0, 0.05) is 51.0 Å². The SMILES string of the molecule is Cc1cc(N2CCN(C(=O)Cn3cnc4ccccc4c3=O)CC2)nc(N2CCOCC2)n1. The number of benzene rings is 1. The van der Waals surface area contributed by atoms with Crippen LogP contribution in [0.15, 0.2) is 41.5 Å². The van der Waals surface area contributed by atoms with E-state index in [1.807, 2.05) is 19.1 Å². The Labute approximate surface area is 191 Å². The van der Waals surface area contributed by atoms with E-state index >= 15 is 0 Å². The Kier molecular flexibility index (Phi) is 5.91. The number of hydrogen-bond acceptors (Lipinski definition) is 8. The first-order chi connectivity index (χ1) is 16.1. The zero-order valence-corrected chi connectivity index (χ0v) is 18.7. The predicted molar refractivity (Wildman–Crippen MR) is 125 cm³/mol. The van der Waals surface area contributed by atoms with Crippen LogP contribution >= 0.6 is 0 Å². The number of carbonyl (C=O) groups is 1. The highest BCUT2D eigenvalue weighted by Gasteiger charge is 2.24. The topological polar surface area (TPSA) is 96.7 Å². The number of amides is 1. The van der Waals surface area contributed by atoms with Crippen LogP contribution in [0.2, 0.25) is 0 Å². The fraction of sp³-hybridized carbons (Fsp3) is 0.435. The quantitative estimate of drug-likeness (QED) is 0.574. The first kappa shape index (κ1) is 21.3. The zero-order chi connectivity index (χ0) is 22.8. The van der Waals surface area contributed by atoms with Crippen LogP contribution < -0.4 is 15.4 Å². The molecule has 2 saturated heterocycles. The summed E-state index contributed by atoms with van der Waals surface area (Å²) in [5, 5.41) is 0.521. The Hall–Kier alpha value is -3.53. The van der Waals surface area contributed by atoms with Crippen molar-refractivity contribution in [2.24, 2.45) is 0 Å². The molecule has 1 amide bonds. The lowest BCUT2D eigenvalue weighted by atomic mass is 10.2. The molecule has 0 atom stereocenters. The molecule has 5 rings (SSSR count). The van der Waals surface area contributed by atoms with Gasteiger partial charge in [0.05, 0.1) is 30.4 Å². The van der Waals surface area contributed by atoms with Gasteiger partial charge in [0.25, 0.3) is 5.56 Å². The van der Waals surface area contributed by atoms with Crippen LogP contribution in [0.1, 0.15) is 5.69 Å². The molecule has 2 aliphatic rings. The predicted octanol–water partition coefficient (Wildman–Crippen LogP) is 0.680. The fourth-order valence-corrected chi connectivity index (χ4v) is 4.25. The fourth-order valence-electron chi connectivity index (χ4n) is 4.25. The van der Waals surface area contributed by atoms with Gasteiger partial charge in [-0.05, 0) is 19.1 Å². The summed E-state index contributed by atoms with van der Waals surface area (Å²) in [5.74, 6) is 1.53. The van der Waals surface area contributed by atoms with Crippen molar-refractivity contribution in [1.29, 1.82) is 0 Å². The van der Waals surface area contributed by atoms with Crippen LogP contribution in [0, 0.1) is 6.92 Å². The number of piperazine rings is 1. The molecule has 4 heterocycles. The van der Waals surface area contributed by atoms with Gasteiger partial charge in [0.1, 0.15) is 12.4 Å². The maximum atomic E-state index is 12.9. The van der Waals surface area contributed by atoms with Crippen molar-refractivity contribution >= 4 is 28.6 Å². The van der Waals surface area contributed by atoms with Crippen LogP contribution in [-0.4, -0.2) is 82.8 Å². The zero-order valence-electron chi connectivity index (χ0n) is 18.7. The lowest BCUT2D eigenvalue weighted by Crippen LogP contribution is -2.50. The smallest absolute Gasteiger partial charge is 0.261 e. The summed E-state index contributed by atoms with van der Waals surface area (Å²) < 4.78 is 6.82. The molecule has 0 unspecified atom stereocenters. The van der Waals surface area contributed by atoms with Gasteiger partial charge in [-0.25, -0.2) is 9.97 Å². The molecule has 0 spiro atoms. The van der Waals surface area contributed by atoms with Crippen molar-refractivity contribution in [1.82, 2.24) is 24.4 Å². The Morgan fingerprint density at radius 3 is 2.55 bits per heavy atom. The molecule has 2 aromatic heterocycles. The van der Waals surface area contributed by atoms with E-state index in [4.69, 9.17) is 9.72 Å². The van der Waals surface area contributed by atoms with Crippen molar-refractivity contribution in [3.8, 4) is 0 Å². The molecule has 33 heavy (non-hydrogen) atoms. The van der Waals surface area contributed by atoms with E-state index in [0.717, 1.165) is 30.5 Å². The van der Waals surface area contributed by atoms with Gasteiger partial charge in [-0.1, -0.05) is 12.1 Å². The summed E-state index contributed by atoms with van der Waals surface area (Å²) in [7, 11) is 0. The van der Waals surface area contributed by atoms with Crippen molar-refractivity contribution < 1.29 is 9.53 Å². The lowest BCUT2D eigenvalue weighted by molar-refractivity contribution is -0.132. The summed E-state index contributed by atoms with van der Waals surface area (Å²) in [6.45, 7) is 7.41. The number of carbonyl (C=O) groups excluding carboxylic acids is 1. The Bertz CT molecular complexity index is 1210. The summed E-state index contributed by atoms with van der Waals surface area (Å²) in [5.41, 5.74) is 1.36. The van der Waals surface area contributed by atoms with Crippen molar-refractivity contribution in [2.75, 3.05) is 62.3 Å². The molecule has 2 aliphatic heterocycles. The van der Waals surface area contributed by atoms with Gasteiger partial charge < -0.3 is 19.4 Å². The highest BCUT2D eigenvalue weighted by Crippen LogP contribution is 2.20. The molecular weight excluding hydrogens is 422 g/mol. The van der Waals surface area contributed by atoms with Crippen molar-refractivity contribution in [3.63, 3.8) is 0 Å². The van der Waals surface area contributed by atoms with Gasteiger partial charge in [-0.3, -0.25) is 14.2 Å². The molecule has 0 N–H and O–H groups in total.